The first kappa shape index (κ1) is 26.4. The number of nitrogens with zero attached hydrogens (tertiary/aromatic N) is 7. The van der Waals surface area contributed by atoms with Crippen LogP contribution in [0.2, 0.25) is 0 Å². The highest BCUT2D eigenvalue weighted by molar-refractivity contribution is 5.85. The highest BCUT2D eigenvalue weighted by Gasteiger charge is 2.44. The van der Waals surface area contributed by atoms with E-state index in [2.05, 4.69) is 0 Å². The molecule has 0 aliphatic heterocycles. The molecule has 0 unspecified atom stereocenters. The van der Waals surface area contributed by atoms with Crippen LogP contribution in [0.4, 0.5) is 26.3 Å². The lowest BCUT2D eigenvalue weighted by Gasteiger charge is -2.19. The SMILES string of the molecule is N#CC(C#N)=c1cc(C#N)/c(=C(\C#N)c2c(C#N)c(C(F)(F)F)cc(C#N)c2C(F)(F)F)cc1C#N. The lowest BCUT2D eigenvalue weighted by atomic mass is 9.86. The zero-order valence-electron chi connectivity index (χ0n) is 17.1. The van der Waals surface area contributed by atoms with Crippen molar-refractivity contribution in [3.8, 4) is 42.5 Å². The lowest BCUT2D eigenvalue weighted by Crippen LogP contribution is -2.24. The maximum Gasteiger partial charge on any atom is 0.418 e. The Labute approximate surface area is 197 Å². The summed E-state index contributed by atoms with van der Waals surface area (Å²) in [7, 11) is 0. The Hall–Kier alpha value is -5.81. The summed E-state index contributed by atoms with van der Waals surface area (Å²) >= 11 is 0. The van der Waals surface area contributed by atoms with Gasteiger partial charge in [-0.1, -0.05) is 0 Å². The Morgan fingerprint density at radius 1 is 0.583 bits per heavy atom. The van der Waals surface area contributed by atoms with Crippen LogP contribution in [0.3, 0.4) is 0 Å². The molecule has 0 aromatic heterocycles. The largest absolute Gasteiger partial charge is 0.418 e. The van der Waals surface area contributed by atoms with E-state index in [1.54, 1.807) is 0 Å². The predicted molar refractivity (Wildman–Crippen MR) is 104 cm³/mol. The minimum Gasteiger partial charge on any atom is -0.192 e. The van der Waals surface area contributed by atoms with E-state index in [9.17, 15) is 47.4 Å². The Bertz CT molecular complexity index is 1720. The van der Waals surface area contributed by atoms with Crippen molar-refractivity contribution in [2.45, 2.75) is 12.4 Å². The topological polar surface area (TPSA) is 167 Å². The zero-order chi connectivity index (χ0) is 27.4. The molecule has 36 heavy (non-hydrogen) atoms. The number of benzene rings is 2. The van der Waals surface area contributed by atoms with E-state index in [1.807, 2.05) is 0 Å². The standard InChI is InChI=1S/C23H3F6N7/c24-22(25,26)19-3-13(6-32)21(23(27,28)29)20(18(19)10-36)17(9-35)16-2-11(4-30)15(1-12(16)5-31)14(7-33)8-34/h1-3H/b17-16+. The summed E-state index contributed by atoms with van der Waals surface area (Å²) in [5.74, 6) is 0. The number of halogens is 6. The summed E-state index contributed by atoms with van der Waals surface area (Å²) in [4.78, 5) is 0. The van der Waals surface area contributed by atoms with Gasteiger partial charge in [-0.15, -0.1) is 0 Å². The Balaban J connectivity index is 3.50. The van der Waals surface area contributed by atoms with Crippen molar-refractivity contribution in [2.24, 2.45) is 0 Å². The van der Waals surface area contributed by atoms with Crippen molar-refractivity contribution in [1.29, 1.82) is 36.8 Å². The Kier molecular flexibility index (Phi) is 7.04. The Morgan fingerprint density at radius 2 is 1.08 bits per heavy atom. The predicted octanol–water partition coefficient (Wildman–Crippen LogP) is 3.13. The molecule has 172 valence electrons. The van der Waals surface area contributed by atoms with Crippen LogP contribution in [0.5, 0.6) is 0 Å². The molecule has 0 heterocycles. The smallest absolute Gasteiger partial charge is 0.192 e. The first-order chi connectivity index (χ1) is 16.8. The molecule has 0 spiro atoms. The molecule has 0 fully saturated rings. The van der Waals surface area contributed by atoms with Crippen molar-refractivity contribution in [3.63, 3.8) is 0 Å². The third kappa shape index (κ3) is 4.48. The van der Waals surface area contributed by atoms with Gasteiger partial charge in [0, 0.05) is 16.0 Å². The fourth-order valence-corrected chi connectivity index (χ4v) is 3.25. The maximum absolute atomic E-state index is 14.0. The molecule has 0 N–H and O–H groups in total. The molecule has 7 nitrogen and oxygen atoms in total. The fourth-order valence-electron chi connectivity index (χ4n) is 3.25. The van der Waals surface area contributed by atoms with Crippen LogP contribution in [0.15, 0.2) is 18.2 Å². The molecule has 0 bridgehead atoms. The van der Waals surface area contributed by atoms with E-state index in [0.717, 1.165) is 18.2 Å². The van der Waals surface area contributed by atoms with Crippen LogP contribution in [-0.2, 0) is 12.4 Å². The number of nitriles is 7. The molecular formula is C23H3F6N7. The van der Waals surface area contributed by atoms with E-state index in [0.29, 0.717) is 6.07 Å². The molecule has 2 rings (SSSR count). The number of rotatable bonds is 1. The summed E-state index contributed by atoms with van der Waals surface area (Å²) in [5, 5.41) is 64.1. The van der Waals surface area contributed by atoms with Gasteiger partial charge in [0.15, 0.2) is 0 Å². The molecule has 0 atom stereocenters. The molecule has 0 aliphatic carbocycles. The average Bonchev–Trinajstić information content (AvgIpc) is 2.83. The molecule has 2 aromatic rings. The number of hydrogen-bond acceptors (Lipinski definition) is 7. The van der Waals surface area contributed by atoms with Gasteiger partial charge in [0.2, 0.25) is 0 Å². The van der Waals surface area contributed by atoms with E-state index >= 15 is 0 Å². The van der Waals surface area contributed by atoms with Gasteiger partial charge in [0.05, 0.1) is 57.2 Å². The van der Waals surface area contributed by atoms with Crippen LogP contribution >= 0.6 is 0 Å². The van der Waals surface area contributed by atoms with Gasteiger partial charge in [-0.05, 0) is 18.2 Å². The summed E-state index contributed by atoms with van der Waals surface area (Å²) in [6.45, 7) is 0. The van der Waals surface area contributed by atoms with Crippen molar-refractivity contribution >= 4 is 11.1 Å². The van der Waals surface area contributed by atoms with E-state index < -0.39 is 72.9 Å². The van der Waals surface area contributed by atoms with Crippen LogP contribution in [0.25, 0.3) is 11.1 Å². The fraction of sp³-hybridized carbons (Fsp3) is 0.0870. The van der Waals surface area contributed by atoms with Crippen LogP contribution in [-0.4, -0.2) is 0 Å². The highest BCUT2D eigenvalue weighted by atomic mass is 19.4. The monoisotopic (exact) mass is 491 g/mol. The van der Waals surface area contributed by atoms with Crippen LogP contribution < -0.4 is 10.4 Å². The van der Waals surface area contributed by atoms with Crippen LogP contribution in [0, 0.1) is 79.3 Å². The number of alkyl halides is 6. The summed E-state index contributed by atoms with van der Waals surface area (Å²) in [6.07, 6.45) is -11.0. The van der Waals surface area contributed by atoms with E-state index in [1.165, 1.54) is 30.3 Å². The molecule has 2 aromatic carbocycles. The first-order valence-corrected chi connectivity index (χ1v) is 8.93. The quantitative estimate of drug-likeness (QED) is 0.552. The highest BCUT2D eigenvalue weighted by Crippen LogP contribution is 2.43. The molecule has 0 radical (unpaired) electrons. The summed E-state index contributed by atoms with van der Waals surface area (Å²) < 4.78 is 82.8. The van der Waals surface area contributed by atoms with Gasteiger partial charge >= 0.3 is 12.4 Å². The summed E-state index contributed by atoms with van der Waals surface area (Å²) in [5.41, 5.74) is -12.0. The van der Waals surface area contributed by atoms with Crippen molar-refractivity contribution < 1.29 is 26.3 Å². The molecule has 0 saturated carbocycles. The van der Waals surface area contributed by atoms with Gasteiger partial charge < -0.3 is 0 Å². The van der Waals surface area contributed by atoms with Gasteiger partial charge in [-0.25, -0.2) is 0 Å². The second-order valence-electron chi connectivity index (χ2n) is 6.57. The second-order valence-corrected chi connectivity index (χ2v) is 6.57. The van der Waals surface area contributed by atoms with Gasteiger partial charge in [-0.2, -0.15) is 63.2 Å². The number of hydrogen-bond donors (Lipinski definition) is 0. The Morgan fingerprint density at radius 3 is 1.47 bits per heavy atom. The zero-order valence-corrected chi connectivity index (χ0v) is 17.1. The van der Waals surface area contributed by atoms with Crippen molar-refractivity contribution in [1.82, 2.24) is 0 Å². The molecule has 13 heteroatoms. The van der Waals surface area contributed by atoms with Crippen molar-refractivity contribution in [2.75, 3.05) is 0 Å². The molecule has 0 aliphatic rings. The van der Waals surface area contributed by atoms with Crippen molar-refractivity contribution in [3.05, 3.63) is 67.6 Å². The minimum atomic E-state index is -5.54. The first-order valence-electron chi connectivity index (χ1n) is 8.93. The van der Waals surface area contributed by atoms with Gasteiger partial charge in [0.25, 0.3) is 0 Å². The van der Waals surface area contributed by atoms with Gasteiger partial charge in [-0.3, -0.25) is 0 Å². The van der Waals surface area contributed by atoms with E-state index in [4.69, 9.17) is 15.8 Å². The van der Waals surface area contributed by atoms with Gasteiger partial charge in [0.1, 0.15) is 29.8 Å². The molecule has 0 saturated heterocycles. The average molecular weight is 491 g/mol. The molecular weight excluding hydrogens is 488 g/mol. The lowest BCUT2D eigenvalue weighted by molar-refractivity contribution is -0.141. The van der Waals surface area contributed by atoms with E-state index in [-0.39, 0.29) is 6.07 Å². The maximum atomic E-state index is 14.0. The summed E-state index contributed by atoms with van der Waals surface area (Å²) in [6, 6.07) is 10.3. The normalized spacial score (nSPS) is 11.3. The molecule has 0 amide bonds. The third-order valence-corrected chi connectivity index (χ3v) is 4.67. The minimum absolute atomic E-state index is 0.171. The second kappa shape index (κ2) is 9.59. The van der Waals surface area contributed by atoms with Crippen LogP contribution in [0.1, 0.15) is 38.9 Å². The third-order valence-electron chi connectivity index (χ3n) is 4.67.